The number of nitrogens with one attached hydrogen (secondary N) is 1. The normalized spacial score (nSPS) is 10.3. The second-order valence-corrected chi connectivity index (χ2v) is 4.92. The summed E-state index contributed by atoms with van der Waals surface area (Å²) in [5, 5.41) is 4.12. The van der Waals surface area contributed by atoms with Gasteiger partial charge in [-0.05, 0) is 30.7 Å². The number of aryl methyl sites for hydroxylation is 1. The molecular formula is C14H14Cl2N2O. The maximum absolute atomic E-state index is 6.00. The van der Waals surface area contributed by atoms with Gasteiger partial charge in [-0.25, -0.2) is 4.98 Å². The maximum Gasteiger partial charge on any atom is 0.144 e. The molecule has 0 radical (unpaired) electrons. The van der Waals surface area contributed by atoms with Crippen molar-refractivity contribution >= 4 is 29.0 Å². The van der Waals surface area contributed by atoms with Crippen LogP contribution >= 0.6 is 23.2 Å². The van der Waals surface area contributed by atoms with Crippen LogP contribution in [-0.4, -0.2) is 18.1 Å². The lowest BCUT2D eigenvalue weighted by molar-refractivity contribution is 0.332. The van der Waals surface area contributed by atoms with Crippen molar-refractivity contribution in [1.82, 2.24) is 4.98 Å². The summed E-state index contributed by atoms with van der Waals surface area (Å²) in [4.78, 5) is 4.11. The first-order valence-corrected chi connectivity index (χ1v) is 6.65. The predicted molar refractivity (Wildman–Crippen MR) is 79.4 cm³/mol. The molecule has 5 heteroatoms. The van der Waals surface area contributed by atoms with Gasteiger partial charge in [-0.1, -0.05) is 35.3 Å². The Balaban J connectivity index is 1.81. The number of anilines is 1. The van der Waals surface area contributed by atoms with Gasteiger partial charge in [-0.2, -0.15) is 0 Å². The van der Waals surface area contributed by atoms with Gasteiger partial charge in [0.25, 0.3) is 0 Å². The summed E-state index contributed by atoms with van der Waals surface area (Å²) in [5.41, 5.74) is 1.17. The quantitative estimate of drug-likeness (QED) is 0.840. The molecule has 100 valence electrons. The van der Waals surface area contributed by atoms with Gasteiger partial charge in [-0.15, -0.1) is 0 Å². The van der Waals surface area contributed by atoms with Crippen molar-refractivity contribution in [2.45, 2.75) is 6.92 Å². The zero-order valence-corrected chi connectivity index (χ0v) is 12.0. The molecule has 19 heavy (non-hydrogen) atoms. The lowest BCUT2D eigenvalue weighted by Gasteiger charge is -2.09. The van der Waals surface area contributed by atoms with E-state index in [0.29, 0.717) is 29.0 Å². The van der Waals surface area contributed by atoms with E-state index in [-0.39, 0.29) is 0 Å². The average Bonchev–Trinajstić information content (AvgIpc) is 2.37. The second-order valence-electron chi connectivity index (χ2n) is 4.08. The van der Waals surface area contributed by atoms with Crippen LogP contribution in [0, 0.1) is 6.92 Å². The van der Waals surface area contributed by atoms with Crippen molar-refractivity contribution in [2.75, 3.05) is 18.5 Å². The number of nitrogens with zero attached hydrogens (tertiary/aromatic N) is 1. The summed E-state index contributed by atoms with van der Waals surface area (Å²) in [6, 6.07) is 9.58. The van der Waals surface area contributed by atoms with Crippen LogP contribution in [0.2, 0.25) is 10.0 Å². The molecule has 1 aromatic carbocycles. The fourth-order valence-electron chi connectivity index (χ4n) is 1.59. The van der Waals surface area contributed by atoms with Crippen LogP contribution in [0.25, 0.3) is 0 Å². The number of ether oxygens (including phenoxy) is 1. The van der Waals surface area contributed by atoms with E-state index in [0.717, 1.165) is 5.75 Å². The van der Waals surface area contributed by atoms with E-state index in [9.17, 15) is 0 Å². The molecular weight excluding hydrogens is 283 g/mol. The Morgan fingerprint density at radius 2 is 2.11 bits per heavy atom. The van der Waals surface area contributed by atoms with Gasteiger partial charge in [0.15, 0.2) is 0 Å². The van der Waals surface area contributed by atoms with Crippen molar-refractivity contribution in [1.29, 1.82) is 0 Å². The smallest absolute Gasteiger partial charge is 0.144 e. The van der Waals surface area contributed by atoms with E-state index >= 15 is 0 Å². The predicted octanol–water partition coefficient (Wildman–Crippen LogP) is 4.19. The SMILES string of the molecule is Cc1cccc(OCCNc2ncc(Cl)cc2Cl)c1. The molecule has 1 aromatic heterocycles. The number of hydrogen-bond donors (Lipinski definition) is 1. The van der Waals surface area contributed by atoms with Crippen molar-refractivity contribution in [2.24, 2.45) is 0 Å². The van der Waals surface area contributed by atoms with Gasteiger partial charge in [0.1, 0.15) is 18.2 Å². The first kappa shape index (κ1) is 14.0. The Kier molecular flexibility index (Phi) is 4.88. The zero-order valence-electron chi connectivity index (χ0n) is 10.5. The first-order valence-electron chi connectivity index (χ1n) is 5.89. The molecule has 0 fully saturated rings. The molecule has 2 aromatic rings. The number of hydrogen-bond acceptors (Lipinski definition) is 3. The molecule has 0 aliphatic heterocycles. The van der Waals surface area contributed by atoms with Crippen molar-refractivity contribution in [3.8, 4) is 5.75 Å². The zero-order chi connectivity index (χ0) is 13.7. The highest BCUT2D eigenvalue weighted by Crippen LogP contribution is 2.22. The standard InChI is InChI=1S/C14H14Cl2N2O/c1-10-3-2-4-12(7-10)19-6-5-17-14-13(16)8-11(15)9-18-14/h2-4,7-9H,5-6H2,1H3,(H,17,18). The van der Waals surface area contributed by atoms with Crippen molar-refractivity contribution in [3.63, 3.8) is 0 Å². The number of aromatic nitrogens is 1. The fourth-order valence-corrected chi connectivity index (χ4v) is 2.04. The van der Waals surface area contributed by atoms with Gasteiger partial charge in [0.2, 0.25) is 0 Å². The minimum absolute atomic E-state index is 0.503. The lowest BCUT2D eigenvalue weighted by Crippen LogP contribution is -2.12. The highest BCUT2D eigenvalue weighted by molar-refractivity contribution is 6.35. The molecule has 1 heterocycles. The third-order valence-electron chi connectivity index (χ3n) is 2.46. The van der Waals surface area contributed by atoms with Crippen LogP contribution in [0.4, 0.5) is 5.82 Å². The Morgan fingerprint density at radius 3 is 2.84 bits per heavy atom. The van der Waals surface area contributed by atoms with Crippen molar-refractivity contribution in [3.05, 3.63) is 52.1 Å². The van der Waals surface area contributed by atoms with Crippen LogP contribution < -0.4 is 10.1 Å². The van der Waals surface area contributed by atoms with E-state index in [4.69, 9.17) is 27.9 Å². The molecule has 1 N–H and O–H groups in total. The monoisotopic (exact) mass is 296 g/mol. The van der Waals surface area contributed by atoms with Gasteiger partial charge < -0.3 is 10.1 Å². The molecule has 0 atom stereocenters. The minimum Gasteiger partial charge on any atom is -0.492 e. The summed E-state index contributed by atoms with van der Waals surface area (Å²) in [7, 11) is 0. The maximum atomic E-state index is 6.00. The van der Waals surface area contributed by atoms with Crippen LogP contribution in [-0.2, 0) is 0 Å². The molecule has 0 spiro atoms. The lowest BCUT2D eigenvalue weighted by atomic mass is 10.2. The summed E-state index contributed by atoms with van der Waals surface area (Å²) < 4.78 is 5.61. The molecule has 0 unspecified atom stereocenters. The van der Waals surface area contributed by atoms with Gasteiger partial charge in [-0.3, -0.25) is 0 Å². The Morgan fingerprint density at radius 1 is 1.26 bits per heavy atom. The van der Waals surface area contributed by atoms with E-state index in [2.05, 4.69) is 10.3 Å². The Hall–Kier alpha value is -1.45. The Labute approximate surface area is 122 Å². The first-order chi connectivity index (χ1) is 9.15. The van der Waals surface area contributed by atoms with Crippen LogP contribution in [0.5, 0.6) is 5.75 Å². The summed E-state index contributed by atoms with van der Waals surface area (Å²) in [6.07, 6.45) is 1.55. The molecule has 0 aliphatic carbocycles. The van der Waals surface area contributed by atoms with E-state index in [1.807, 2.05) is 31.2 Å². The van der Waals surface area contributed by atoms with E-state index in [1.165, 1.54) is 5.56 Å². The number of pyridine rings is 1. The molecule has 3 nitrogen and oxygen atoms in total. The molecule has 0 bridgehead atoms. The Bertz CT molecular complexity index is 561. The molecule has 0 saturated heterocycles. The number of rotatable bonds is 5. The largest absolute Gasteiger partial charge is 0.492 e. The second kappa shape index (κ2) is 6.64. The summed E-state index contributed by atoms with van der Waals surface area (Å²) >= 11 is 11.8. The van der Waals surface area contributed by atoms with Crippen LogP contribution in [0.3, 0.4) is 0 Å². The summed E-state index contributed by atoms with van der Waals surface area (Å²) in [5.74, 6) is 1.47. The third kappa shape index (κ3) is 4.30. The molecule has 0 amide bonds. The van der Waals surface area contributed by atoms with Gasteiger partial charge in [0, 0.05) is 6.20 Å². The highest BCUT2D eigenvalue weighted by Gasteiger charge is 2.02. The third-order valence-corrected chi connectivity index (χ3v) is 2.96. The summed E-state index contributed by atoms with van der Waals surface area (Å²) in [6.45, 7) is 3.18. The van der Waals surface area contributed by atoms with E-state index in [1.54, 1.807) is 12.3 Å². The molecule has 2 rings (SSSR count). The van der Waals surface area contributed by atoms with Crippen LogP contribution in [0.1, 0.15) is 5.56 Å². The number of halogens is 2. The topological polar surface area (TPSA) is 34.1 Å². The van der Waals surface area contributed by atoms with Gasteiger partial charge >= 0.3 is 0 Å². The van der Waals surface area contributed by atoms with Gasteiger partial charge in [0.05, 0.1) is 16.6 Å². The molecule has 0 saturated carbocycles. The van der Waals surface area contributed by atoms with Crippen LogP contribution in [0.15, 0.2) is 36.5 Å². The minimum atomic E-state index is 0.503. The van der Waals surface area contributed by atoms with Crippen molar-refractivity contribution < 1.29 is 4.74 Å². The molecule has 0 aliphatic rings. The fraction of sp³-hybridized carbons (Fsp3) is 0.214. The highest BCUT2D eigenvalue weighted by atomic mass is 35.5. The van der Waals surface area contributed by atoms with E-state index < -0.39 is 0 Å². The number of benzene rings is 1. The average molecular weight is 297 g/mol.